The third-order valence-corrected chi connectivity index (χ3v) is 5.12. The average molecular weight is 266 g/mol. The van der Waals surface area contributed by atoms with Crippen LogP contribution in [-0.4, -0.2) is 19.0 Å². The van der Waals surface area contributed by atoms with Crippen LogP contribution >= 0.6 is 0 Å². The first-order valence-electron chi connectivity index (χ1n) is 8.24. The van der Waals surface area contributed by atoms with Gasteiger partial charge in [-0.1, -0.05) is 25.7 Å². The van der Waals surface area contributed by atoms with Crippen molar-refractivity contribution in [2.75, 3.05) is 13.1 Å². The van der Waals surface area contributed by atoms with Gasteiger partial charge in [0.05, 0.1) is 0 Å². The number of carbonyl (C=O) groups is 1. The standard InChI is InChI=1S/C16H30N2O/c17-12-15-7-5-14(6-8-15)11-16(19)18-10-9-13-3-1-2-4-13/h13-15H,1-12,17H2,(H,18,19). The van der Waals surface area contributed by atoms with E-state index in [0.717, 1.165) is 25.4 Å². The molecule has 0 aromatic carbocycles. The van der Waals surface area contributed by atoms with Crippen molar-refractivity contribution in [3.8, 4) is 0 Å². The largest absolute Gasteiger partial charge is 0.356 e. The van der Waals surface area contributed by atoms with Crippen LogP contribution in [0.4, 0.5) is 0 Å². The molecule has 2 rings (SSSR count). The van der Waals surface area contributed by atoms with E-state index in [1.807, 2.05) is 0 Å². The molecular weight excluding hydrogens is 236 g/mol. The average Bonchev–Trinajstić information content (AvgIpc) is 2.93. The Morgan fingerprint density at radius 1 is 0.947 bits per heavy atom. The van der Waals surface area contributed by atoms with Crippen LogP contribution in [0, 0.1) is 17.8 Å². The molecule has 0 heterocycles. The molecule has 2 aliphatic rings. The summed E-state index contributed by atoms with van der Waals surface area (Å²) >= 11 is 0. The van der Waals surface area contributed by atoms with Crippen molar-refractivity contribution in [2.45, 2.75) is 64.2 Å². The van der Waals surface area contributed by atoms with Crippen molar-refractivity contribution in [1.82, 2.24) is 5.32 Å². The SMILES string of the molecule is NCC1CCC(CC(=O)NCCC2CCCC2)CC1. The summed E-state index contributed by atoms with van der Waals surface area (Å²) in [7, 11) is 0. The summed E-state index contributed by atoms with van der Waals surface area (Å²) in [6.07, 6.45) is 12.3. The summed E-state index contributed by atoms with van der Waals surface area (Å²) in [5, 5.41) is 3.12. The minimum atomic E-state index is 0.272. The maximum absolute atomic E-state index is 11.9. The molecule has 3 nitrogen and oxygen atoms in total. The summed E-state index contributed by atoms with van der Waals surface area (Å²) in [6.45, 7) is 1.71. The molecule has 0 unspecified atom stereocenters. The minimum Gasteiger partial charge on any atom is -0.356 e. The van der Waals surface area contributed by atoms with Gasteiger partial charge < -0.3 is 11.1 Å². The molecule has 0 aromatic rings. The molecule has 110 valence electrons. The normalized spacial score (nSPS) is 28.5. The Balaban J connectivity index is 1.54. The Labute approximate surface area is 117 Å². The molecule has 3 N–H and O–H groups in total. The maximum Gasteiger partial charge on any atom is 0.220 e. The fourth-order valence-corrected chi connectivity index (χ4v) is 3.72. The van der Waals surface area contributed by atoms with E-state index in [2.05, 4.69) is 5.32 Å². The topological polar surface area (TPSA) is 55.1 Å². The Hall–Kier alpha value is -0.570. The molecule has 0 radical (unpaired) electrons. The lowest BCUT2D eigenvalue weighted by molar-refractivity contribution is -0.122. The van der Waals surface area contributed by atoms with Gasteiger partial charge in [-0.2, -0.15) is 0 Å². The van der Waals surface area contributed by atoms with Gasteiger partial charge in [0.1, 0.15) is 0 Å². The number of rotatable bonds is 6. The van der Waals surface area contributed by atoms with E-state index in [1.54, 1.807) is 0 Å². The summed E-state index contributed by atoms with van der Waals surface area (Å²) in [5.74, 6) is 2.46. The first kappa shape index (κ1) is 14.8. The van der Waals surface area contributed by atoms with Gasteiger partial charge in [0, 0.05) is 13.0 Å². The number of amides is 1. The van der Waals surface area contributed by atoms with Crippen LogP contribution in [0.2, 0.25) is 0 Å². The van der Waals surface area contributed by atoms with Crippen LogP contribution in [0.15, 0.2) is 0 Å². The maximum atomic E-state index is 11.9. The lowest BCUT2D eigenvalue weighted by atomic mass is 9.80. The van der Waals surface area contributed by atoms with E-state index >= 15 is 0 Å². The monoisotopic (exact) mass is 266 g/mol. The van der Waals surface area contributed by atoms with E-state index in [1.165, 1.54) is 57.8 Å². The Morgan fingerprint density at radius 2 is 1.58 bits per heavy atom. The Morgan fingerprint density at radius 3 is 2.21 bits per heavy atom. The van der Waals surface area contributed by atoms with Crippen molar-refractivity contribution in [2.24, 2.45) is 23.5 Å². The van der Waals surface area contributed by atoms with Gasteiger partial charge in [0.25, 0.3) is 0 Å². The number of hydrogen-bond donors (Lipinski definition) is 2. The summed E-state index contributed by atoms with van der Waals surface area (Å²) in [6, 6.07) is 0. The fourth-order valence-electron chi connectivity index (χ4n) is 3.72. The highest BCUT2D eigenvalue weighted by molar-refractivity contribution is 5.76. The van der Waals surface area contributed by atoms with Crippen LogP contribution < -0.4 is 11.1 Å². The molecule has 2 saturated carbocycles. The van der Waals surface area contributed by atoms with Crippen molar-refractivity contribution >= 4 is 5.91 Å². The zero-order valence-electron chi connectivity index (χ0n) is 12.2. The van der Waals surface area contributed by atoms with Gasteiger partial charge in [0.2, 0.25) is 5.91 Å². The number of nitrogens with one attached hydrogen (secondary N) is 1. The van der Waals surface area contributed by atoms with Gasteiger partial charge in [-0.25, -0.2) is 0 Å². The predicted octanol–water partition coefficient (Wildman–Crippen LogP) is 2.84. The molecule has 0 spiro atoms. The summed E-state index contributed by atoms with van der Waals surface area (Å²) < 4.78 is 0. The zero-order chi connectivity index (χ0) is 13.5. The second-order valence-electron chi connectivity index (χ2n) is 6.62. The van der Waals surface area contributed by atoms with Crippen LogP contribution in [-0.2, 0) is 4.79 Å². The van der Waals surface area contributed by atoms with Gasteiger partial charge >= 0.3 is 0 Å². The predicted molar refractivity (Wildman–Crippen MR) is 78.7 cm³/mol. The number of carbonyl (C=O) groups excluding carboxylic acids is 1. The lowest BCUT2D eigenvalue weighted by Crippen LogP contribution is -2.29. The molecule has 0 aromatic heterocycles. The minimum absolute atomic E-state index is 0.272. The van der Waals surface area contributed by atoms with Crippen molar-refractivity contribution in [3.05, 3.63) is 0 Å². The van der Waals surface area contributed by atoms with Gasteiger partial charge in [-0.15, -0.1) is 0 Å². The number of nitrogens with two attached hydrogens (primary N) is 1. The third kappa shape index (κ3) is 5.13. The molecule has 1 amide bonds. The molecule has 2 fully saturated rings. The van der Waals surface area contributed by atoms with Gasteiger partial charge in [-0.05, 0) is 56.4 Å². The highest BCUT2D eigenvalue weighted by Crippen LogP contribution is 2.30. The molecule has 0 bridgehead atoms. The highest BCUT2D eigenvalue weighted by Gasteiger charge is 2.22. The van der Waals surface area contributed by atoms with Gasteiger partial charge in [-0.3, -0.25) is 4.79 Å². The van der Waals surface area contributed by atoms with Crippen LogP contribution in [0.5, 0.6) is 0 Å². The molecule has 0 aliphatic heterocycles. The van der Waals surface area contributed by atoms with E-state index in [-0.39, 0.29) is 5.91 Å². The Bertz CT molecular complexity index is 266. The quantitative estimate of drug-likeness (QED) is 0.776. The van der Waals surface area contributed by atoms with Crippen LogP contribution in [0.25, 0.3) is 0 Å². The second-order valence-corrected chi connectivity index (χ2v) is 6.62. The van der Waals surface area contributed by atoms with E-state index in [4.69, 9.17) is 5.73 Å². The van der Waals surface area contributed by atoms with E-state index in [9.17, 15) is 4.79 Å². The molecule has 0 saturated heterocycles. The van der Waals surface area contributed by atoms with E-state index < -0.39 is 0 Å². The third-order valence-electron chi connectivity index (χ3n) is 5.12. The first-order chi connectivity index (χ1) is 9.28. The van der Waals surface area contributed by atoms with Crippen molar-refractivity contribution in [1.29, 1.82) is 0 Å². The molecule has 2 aliphatic carbocycles. The van der Waals surface area contributed by atoms with Crippen LogP contribution in [0.1, 0.15) is 64.2 Å². The molecule has 0 atom stereocenters. The fraction of sp³-hybridized carbons (Fsp3) is 0.938. The van der Waals surface area contributed by atoms with Crippen LogP contribution in [0.3, 0.4) is 0 Å². The van der Waals surface area contributed by atoms with Gasteiger partial charge in [0.15, 0.2) is 0 Å². The smallest absolute Gasteiger partial charge is 0.220 e. The highest BCUT2D eigenvalue weighted by atomic mass is 16.1. The molecule has 3 heteroatoms. The molecular formula is C16H30N2O. The summed E-state index contributed by atoms with van der Waals surface area (Å²) in [5.41, 5.74) is 5.70. The lowest BCUT2D eigenvalue weighted by Gasteiger charge is -2.27. The number of hydrogen-bond acceptors (Lipinski definition) is 2. The second kappa shape index (κ2) is 7.88. The van der Waals surface area contributed by atoms with Crippen molar-refractivity contribution < 1.29 is 4.79 Å². The zero-order valence-corrected chi connectivity index (χ0v) is 12.2. The Kier molecular flexibility index (Phi) is 6.15. The van der Waals surface area contributed by atoms with E-state index in [0.29, 0.717) is 11.8 Å². The van der Waals surface area contributed by atoms with Crippen molar-refractivity contribution in [3.63, 3.8) is 0 Å². The summed E-state index contributed by atoms with van der Waals surface area (Å²) in [4.78, 5) is 11.9. The molecule has 19 heavy (non-hydrogen) atoms. The first-order valence-corrected chi connectivity index (χ1v) is 8.24.